The van der Waals surface area contributed by atoms with E-state index in [-0.39, 0.29) is 36.6 Å². The number of aliphatic carboxylic acids is 1. The molecule has 2 aromatic rings. The molecule has 0 bridgehead atoms. The highest BCUT2D eigenvalue weighted by atomic mass is 16.4. The van der Waals surface area contributed by atoms with Crippen LogP contribution in [0.15, 0.2) is 54.6 Å². The Balaban J connectivity index is 1.96. The fraction of sp³-hybridized carbons (Fsp3) is 0.318. The average Bonchev–Trinajstić information content (AvgIpc) is 2.66. The molecule has 1 atom stereocenters. The molecule has 0 aliphatic rings. The summed E-state index contributed by atoms with van der Waals surface area (Å²) in [6.45, 7) is 4.12. The fourth-order valence-electron chi connectivity index (χ4n) is 2.82. The molecule has 0 aromatic heterocycles. The Morgan fingerprint density at radius 1 is 0.964 bits per heavy atom. The Morgan fingerprint density at radius 3 is 2.18 bits per heavy atom. The maximum atomic E-state index is 12.7. The van der Waals surface area contributed by atoms with E-state index in [0.717, 1.165) is 5.56 Å². The van der Waals surface area contributed by atoms with Gasteiger partial charge < -0.3 is 15.7 Å². The predicted octanol–water partition coefficient (Wildman–Crippen LogP) is 3.34. The van der Waals surface area contributed by atoms with E-state index < -0.39 is 5.97 Å². The molecule has 0 aliphatic heterocycles. The Hall–Kier alpha value is -3.15. The first-order valence-electron chi connectivity index (χ1n) is 9.31. The third-order valence-corrected chi connectivity index (χ3v) is 4.48. The molecule has 0 aliphatic carbocycles. The lowest BCUT2D eigenvalue weighted by Crippen LogP contribution is -2.29. The van der Waals surface area contributed by atoms with Crippen LogP contribution in [0, 0.1) is 11.8 Å². The second-order valence-electron chi connectivity index (χ2n) is 7.01. The van der Waals surface area contributed by atoms with Gasteiger partial charge in [-0.15, -0.1) is 0 Å². The van der Waals surface area contributed by atoms with Gasteiger partial charge in [0.25, 0.3) is 5.91 Å². The van der Waals surface area contributed by atoms with Crippen LogP contribution in [0.25, 0.3) is 0 Å². The molecule has 2 aromatic carbocycles. The van der Waals surface area contributed by atoms with Crippen LogP contribution in [0.1, 0.15) is 36.2 Å². The number of nitrogens with one attached hydrogen (secondary N) is 2. The molecule has 0 spiro atoms. The topological polar surface area (TPSA) is 95.5 Å². The highest BCUT2D eigenvalue weighted by molar-refractivity contribution is 5.96. The van der Waals surface area contributed by atoms with E-state index in [1.807, 2.05) is 44.2 Å². The molecule has 3 N–H and O–H groups in total. The van der Waals surface area contributed by atoms with Gasteiger partial charge in [0.1, 0.15) is 0 Å². The largest absolute Gasteiger partial charge is 0.481 e. The van der Waals surface area contributed by atoms with Crippen LogP contribution in [-0.2, 0) is 16.0 Å². The normalized spacial score (nSPS) is 11.7. The summed E-state index contributed by atoms with van der Waals surface area (Å²) in [5.74, 6) is -1.35. The maximum absolute atomic E-state index is 12.7. The monoisotopic (exact) mass is 382 g/mol. The van der Waals surface area contributed by atoms with Crippen molar-refractivity contribution in [2.75, 3.05) is 11.9 Å². The van der Waals surface area contributed by atoms with E-state index in [9.17, 15) is 14.4 Å². The smallest absolute Gasteiger partial charge is 0.305 e. The van der Waals surface area contributed by atoms with E-state index in [2.05, 4.69) is 10.6 Å². The van der Waals surface area contributed by atoms with Crippen molar-refractivity contribution in [3.05, 3.63) is 65.7 Å². The van der Waals surface area contributed by atoms with Crippen LogP contribution in [0.4, 0.5) is 5.69 Å². The molecular weight excluding hydrogens is 356 g/mol. The van der Waals surface area contributed by atoms with Gasteiger partial charge >= 0.3 is 5.97 Å². The minimum absolute atomic E-state index is 0.0579. The Labute approximate surface area is 165 Å². The molecule has 148 valence electrons. The Kier molecular flexibility index (Phi) is 7.75. The van der Waals surface area contributed by atoms with Gasteiger partial charge in [-0.25, -0.2) is 0 Å². The summed E-state index contributed by atoms with van der Waals surface area (Å²) in [6, 6.07) is 16.5. The quantitative estimate of drug-likeness (QED) is 0.620. The summed E-state index contributed by atoms with van der Waals surface area (Å²) in [5, 5.41) is 14.1. The maximum Gasteiger partial charge on any atom is 0.305 e. The van der Waals surface area contributed by atoms with Crippen LogP contribution in [0.5, 0.6) is 0 Å². The highest BCUT2D eigenvalue weighted by Gasteiger charge is 2.22. The summed E-state index contributed by atoms with van der Waals surface area (Å²) in [5.41, 5.74) is 2.14. The van der Waals surface area contributed by atoms with Crippen LogP contribution < -0.4 is 10.6 Å². The number of hydrogen-bond acceptors (Lipinski definition) is 3. The zero-order chi connectivity index (χ0) is 20.5. The highest BCUT2D eigenvalue weighted by Crippen LogP contribution is 2.20. The second kappa shape index (κ2) is 10.3. The Morgan fingerprint density at radius 2 is 1.61 bits per heavy atom. The molecule has 0 saturated heterocycles. The number of rotatable bonds is 9. The first-order valence-corrected chi connectivity index (χ1v) is 9.31. The SMILES string of the molecule is CC(C)C(Cc1ccccc1)C(=O)Nc1ccc(C(=O)NCCC(=O)O)cc1. The minimum atomic E-state index is -0.964. The summed E-state index contributed by atoms with van der Waals surface area (Å²) < 4.78 is 0. The van der Waals surface area contributed by atoms with E-state index in [1.165, 1.54) is 0 Å². The van der Waals surface area contributed by atoms with Crippen molar-refractivity contribution >= 4 is 23.5 Å². The van der Waals surface area contributed by atoms with Gasteiger partial charge in [-0.2, -0.15) is 0 Å². The number of carbonyl (C=O) groups excluding carboxylic acids is 2. The number of amides is 2. The van der Waals surface area contributed by atoms with Crippen molar-refractivity contribution in [1.82, 2.24) is 5.32 Å². The number of carboxylic acid groups (broad SMARTS) is 1. The fourth-order valence-corrected chi connectivity index (χ4v) is 2.82. The molecule has 28 heavy (non-hydrogen) atoms. The first kappa shape index (κ1) is 21.2. The molecule has 6 nitrogen and oxygen atoms in total. The molecule has 2 rings (SSSR count). The number of benzene rings is 2. The van der Waals surface area contributed by atoms with Crippen LogP contribution in [0.3, 0.4) is 0 Å². The number of hydrogen-bond donors (Lipinski definition) is 3. The van der Waals surface area contributed by atoms with Crippen molar-refractivity contribution in [3.63, 3.8) is 0 Å². The third kappa shape index (κ3) is 6.54. The number of carboxylic acids is 1. The van der Waals surface area contributed by atoms with Gasteiger partial charge in [0.2, 0.25) is 5.91 Å². The standard InChI is InChI=1S/C22H26N2O4/c1-15(2)19(14-16-6-4-3-5-7-16)22(28)24-18-10-8-17(9-11-18)21(27)23-13-12-20(25)26/h3-11,15,19H,12-14H2,1-2H3,(H,23,27)(H,24,28)(H,25,26). The average molecular weight is 382 g/mol. The van der Waals surface area contributed by atoms with Gasteiger partial charge in [0.05, 0.1) is 6.42 Å². The molecule has 6 heteroatoms. The zero-order valence-corrected chi connectivity index (χ0v) is 16.1. The molecule has 2 amide bonds. The van der Waals surface area contributed by atoms with E-state index in [0.29, 0.717) is 17.7 Å². The van der Waals surface area contributed by atoms with Crippen molar-refractivity contribution in [2.24, 2.45) is 11.8 Å². The molecule has 1 unspecified atom stereocenters. The number of anilines is 1. The lowest BCUT2D eigenvalue weighted by atomic mass is 9.88. The van der Waals surface area contributed by atoms with Crippen molar-refractivity contribution in [3.8, 4) is 0 Å². The van der Waals surface area contributed by atoms with Gasteiger partial charge in [-0.1, -0.05) is 44.2 Å². The van der Waals surface area contributed by atoms with Crippen molar-refractivity contribution < 1.29 is 19.5 Å². The lowest BCUT2D eigenvalue weighted by molar-refractivity contribution is -0.136. The summed E-state index contributed by atoms with van der Waals surface area (Å²) in [4.78, 5) is 35.2. The van der Waals surface area contributed by atoms with Crippen LogP contribution >= 0.6 is 0 Å². The molecule has 0 saturated carbocycles. The van der Waals surface area contributed by atoms with E-state index >= 15 is 0 Å². The predicted molar refractivity (Wildman–Crippen MR) is 108 cm³/mol. The third-order valence-electron chi connectivity index (χ3n) is 4.48. The first-order chi connectivity index (χ1) is 13.4. The summed E-state index contributed by atoms with van der Waals surface area (Å²) >= 11 is 0. The molecule has 0 fully saturated rings. The van der Waals surface area contributed by atoms with E-state index in [1.54, 1.807) is 24.3 Å². The molecule has 0 radical (unpaired) electrons. The summed E-state index contributed by atoms with van der Waals surface area (Å²) in [7, 11) is 0. The van der Waals surface area contributed by atoms with Gasteiger partial charge in [0, 0.05) is 23.7 Å². The molecular formula is C22H26N2O4. The Bertz CT molecular complexity index is 801. The van der Waals surface area contributed by atoms with Crippen LogP contribution in [0.2, 0.25) is 0 Å². The molecule has 0 heterocycles. The van der Waals surface area contributed by atoms with Crippen molar-refractivity contribution in [1.29, 1.82) is 0 Å². The van der Waals surface area contributed by atoms with Crippen molar-refractivity contribution in [2.45, 2.75) is 26.7 Å². The van der Waals surface area contributed by atoms with Gasteiger partial charge in [0.15, 0.2) is 0 Å². The van der Waals surface area contributed by atoms with Crippen LogP contribution in [-0.4, -0.2) is 29.4 Å². The van der Waals surface area contributed by atoms with Gasteiger partial charge in [-0.3, -0.25) is 14.4 Å². The minimum Gasteiger partial charge on any atom is -0.481 e. The van der Waals surface area contributed by atoms with E-state index in [4.69, 9.17) is 5.11 Å². The van der Waals surface area contributed by atoms with Gasteiger partial charge in [-0.05, 0) is 42.2 Å². The second-order valence-corrected chi connectivity index (χ2v) is 7.01. The zero-order valence-electron chi connectivity index (χ0n) is 16.1. The number of carbonyl (C=O) groups is 3. The lowest BCUT2D eigenvalue weighted by Gasteiger charge is -2.20. The summed E-state index contributed by atoms with van der Waals surface area (Å²) in [6.07, 6.45) is 0.534.